The highest BCUT2D eigenvalue weighted by molar-refractivity contribution is 5.68. The maximum Gasteiger partial charge on any atom is 0.326 e. The van der Waals surface area contributed by atoms with Gasteiger partial charge < -0.3 is 4.84 Å². The fourth-order valence-corrected chi connectivity index (χ4v) is 0.201. The van der Waals surface area contributed by atoms with Crippen LogP contribution in [0.2, 0.25) is 0 Å². The van der Waals surface area contributed by atoms with Crippen LogP contribution in [-0.2, 0) is 9.63 Å². The van der Waals surface area contributed by atoms with Crippen LogP contribution in [0.3, 0.4) is 0 Å². The van der Waals surface area contributed by atoms with Gasteiger partial charge in [0.15, 0.2) is 0 Å². The van der Waals surface area contributed by atoms with Crippen LogP contribution in [-0.4, -0.2) is 12.5 Å². The van der Waals surface area contributed by atoms with Crippen LogP contribution < -0.4 is 5.48 Å². The van der Waals surface area contributed by atoms with Gasteiger partial charge in [-0.1, -0.05) is 6.92 Å². The number of nitrogens with zero attached hydrogens (tertiary/aromatic N) is 1. The van der Waals surface area contributed by atoms with Crippen molar-refractivity contribution in [2.24, 2.45) is 0 Å². The van der Waals surface area contributed by atoms with E-state index in [4.69, 9.17) is 0 Å². The first-order chi connectivity index (χ1) is 3.81. The van der Waals surface area contributed by atoms with Gasteiger partial charge in [-0.25, -0.2) is 0 Å². The molecule has 0 unspecified atom stereocenters. The Bertz CT molecular complexity index is 72.8. The largest absolute Gasteiger partial charge is 0.350 e. The average molecular weight is 116 g/mol. The summed E-state index contributed by atoms with van der Waals surface area (Å²) in [6.07, 6.45) is 0.392. The van der Waals surface area contributed by atoms with Crippen LogP contribution in [0.25, 0.3) is 0 Å². The summed E-state index contributed by atoms with van der Waals surface area (Å²) in [4.78, 5) is 14.6. The molecule has 0 fully saturated rings. The Labute approximate surface area is 49.0 Å². The molecule has 0 saturated heterocycles. The molecule has 8 heavy (non-hydrogen) atoms. The number of carbonyl (C=O) groups is 1. The first kappa shape index (κ1) is 7.43. The van der Waals surface area contributed by atoms with Crippen LogP contribution in [0.4, 0.5) is 0 Å². The number of rotatable bonds is 3. The molecule has 0 aliphatic rings. The Morgan fingerprint density at radius 2 is 2.25 bits per heavy atom. The lowest BCUT2D eigenvalue weighted by atomic mass is 10.5. The minimum Gasteiger partial charge on any atom is -0.350 e. The topological polar surface area (TPSA) is 40.4 Å². The van der Waals surface area contributed by atoms with Gasteiger partial charge in [0.1, 0.15) is 0 Å². The monoisotopic (exact) mass is 116 g/mol. The third kappa shape index (κ3) is 3.61. The van der Waals surface area contributed by atoms with Crippen LogP contribution >= 0.6 is 0 Å². The van der Waals surface area contributed by atoms with Crippen molar-refractivity contribution in [3.63, 3.8) is 0 Å². The maximum atomic E-state index is 10.3. The Kier molecular flexibility index (Phi) is 4.26. The van der Waals surface area contributed by atoms with E-state index in [1.54, 1.807) is 6.92 Å². The van der Waals surface area contributed by atoms with Crippen molar-refractivity contribution in [1.29, 1.82) is 0 Å². The molecule has 0 aliphatic carbocycles. The summed E-state index contributed by atoms with van der Waals surface area (Å²) in [5.41, 5.74) is 3.39. The third-order valence-electron chi connectivity index (χ3n) is 0.584. The number of hydroxylamine groups is 1. The molecular weight excluding hydrogens is 106 g/mol. The molecule has 0 aliphatic heterocycles. The smallest absolute Gasteiger partial charge is 0.326 e. The van der Waals surface area contributed by atoms with E-state index in [1.165, 1.54) is 0 Å². The Hall–Kier alpha value is -0.570. The molecule has 0 amide bonds. The predicted molar refractivity (Wildman–Crippen MR) is 29.1 cm³/mol. The molecule has 0 atom stereocenters. The first-order valence-corrected chi connectivity index (χ1v) is 2.67. The fourth-order valence-electron chi connectivity index (χ4n) is 0.201. The maximum absolute atomic E-state index is 10.3. The van der Waals surface area contributed by atoms with Gasteiger partial charge in [0.2, 0.25) is 0 Å². The Morgan fingerprint density at radius 1 is 1.62 bits per heavy atom. The van der Waals surface area contributed by atoms with Crippen LogP contribution in [0.1, 0.15) is 20.3 Å². The van der Waals surface area contributed by atoms with E-state index >= 15 is 0 Å². The summed E-state index contributed by atoms with van der Waals surface area (Å²) in [5, 5.41) is 0. The molecule has 0 spiro atoms. The van der Waals surface area contributed by atoms with Crippen molar-refractivity contribution in [3.8, 4) is 0 Å². The zero-order chi connectivity index (χ0) is 6.41. The van der Waals surface area contributed by atoms with E-state index in [-0.39, 0.29) is 5.97 Å². The quantitative estimate of drug-likeness (QED) is 0.503. The van der Waals surface area contributed by atoms with Crippen molar-refractivity contribution >= 4 is 5.97 Å². The minimum atomic E-state index is -0.271. The average Bonchev–Trinajstić information content (AvgIpc) is 1.83. The second kappa shape index (κ2) is 4.59. The zero-order valence-electron chi connectivity index (χ0n) is 5.18. The summed E-state index contributed by atoms with van der Waals surface area (Å²) in [6.45, 7) is 4.07. The molecular formula is C5H10NO2. The number of hydrogen-bond acceptors (Lipinski definition) is 2. The van der Waals surface area contributed by atoms with Crippen molar-refractivity contribution < 1.29 is 9.63 Å². The van der Waals surface area contributed by atoms with Crippen molar-refractivity contribution in [1.82, 2.24) is 5.48 Å². The molecule has 3 nitrogen and oxygen atoms in total. The lowest BCUT2D eigenvalue weighted by Crippen LogP contribution is -2.11. The number of hydrogen-bond donors (Lipinski definition) is 0. The standard InChI is InChI=1S/C5H10NO2/c1-3-5(7)8-6-4-2/h3-4H2,1-2H3. The van der Waals surface area contributed by atoms with Crippen LogP contribution in [0.5, 0.6) is 0 Å². The molecule has 0 heterocycles. The van der Waals surface area contributed by atoms with Gasteiger partial charge in [0.25, 0.3) is 0 Å². The summed E-state index contributed by atoms with van der Waals surface area (Å²) in [6, 6.07) is 0. The Morgan fingerprint density at radius 3 is 2.62 bits per heavy atom. The molecule has 0 saturated carbocycles. The molecule has 1 radical (unpaired) electrons. The minimum absolute atomic E-state index is 0.271. The molecule has 47 valence electrons. The summed E-state index contributed by atoms with van der Waals surface area (Å²) < 4.78 is 0. The van der Waals surface area contributed by atoms with E-state index in [1.807, 2.05) is 6.92 Å². The molecule has 0 aromatic rings. The molecule has 0 aromatic heterocycles. The van der Waals surface area contributed by atoms with Gasteiger partial charge in [-0.05, 0) is 12.4 Å². The molecule has 0 N–H and O–H groups in total. The summed E-state index contributed by atoms with van der Waals surface area (Å²) in [5.74, 6) is -0.271. The molecule has 3 heteroatoms. The summed E-state index contributed by atoms with van der Waals surface area (Å²) >= 11 is 0. The molecule has 0 bridgehead atoms. The normalized spacial score (nSPS) is 8.75. The highest BCUT2D eigenvalue weighted by Gasteiger charge is 1.94. The fraction of sp³-hybridized carbons (Fsp3) is 0.800. The predicted octanol–water partition coefficient (Wildman–Crippen LogP) is 0.479. The highest BCUT2D eigenvalue weighted by atomic mass is 16.7. The SMILES string of the molecule is CC[N]OC(=O)CC. The van der Waals surface area contributed by atoms with Crippen molar-refractivity contribution in [3.05, 3.63) is 0 Å². The van der Waals surface area contributed by atoms with E-state index in [0.717, 1.165) is 0 Å². The van der Waals surface area contributed by atoms with Crippen molar-refractivity contribution in [2.45, 2.75) is 20.3 Å². The Balaban J connectivity index is 2.99. The lowest BCUT2D eigenvalue weighted by molar-refractivity contribution is -0.151. The van der Waals surface area contributed by atoms with E-state index < -0.39 is 0 Å². The third-order valence-corrected chi connectivity index (χ3v) is 0.584. The second-order valence-corrected chi connectivity index (χ2v) is 1.26. The van der Waals surface area contributed by atoms with Crippen LogP contribution in [0.15, 0.2) is 0 Å². The molecule has 0 rings (SSSR count). The van der Waals surface area contributed by atoms with Gasteiger partial charge in [0, 0.05) is 6.42 Å². The van der Waals surface area contributed by atoms with Gasteiger partial charge in [-0.2, -0.15) is 0 Å². The van der Waals surface area contributed by atoms with E-state index in [0.29, 0.717) is 13.0 Å². The van der Waals surface area contributed by atoms with Gasteiger partial charge >= 0.3 is 5.97 Å². The van der Waals surface area contributed by atoms with Crippen molar-refractivity contribution in [2.75, 3.05) is 6.54 Å². The number of carbonyl (C=O) groups excluding carboxylic acids is 1. The summed E-state index contributed by atoms with van der Waals surface area (Å²) in [7, 11) is 0. The van der Waals surface area contributed by atoms with E-state index in [2.05, 4.69) is 10.3 Å². The van der Waals surface area contributed by atoms with E-state index in [9.17, 15) is 4.79 Å². The first-order valence-electron chi connectivity index (χ1n) is 2.67. The van der Waals surface area contributed by atoms with Crippen LogP contribution in [0, 0.1) is 0 Å². The second-order valence-electron chi connectivity index (χ2n) is 1.26. The van der Waals surface area contributed by atoms with Gasteiger partial charge in [0.05, 0.1) is 6.54 Å². The highest BCUT2D eigenvalue weighted by Crippen LogP contribution is 1.79. The zero-order valence-corrected chi connectivity index (χ0v) is 5.18. The van der Waals surface area contributed by atoms with Gasteiger partial charge in [-0.15, -0.1) is 0 Å². The lowest BCUT2D eigenvalue weighted by Gasteiger charge is -1.94. The van der Waals surface area contributed by atoms with Gasteiger partial charge in [-0.3, -0.25) is 4.79 Å². The molecule has 0 aromatic carbocycles.